The number of thiophene rings is 1. The molecule has 0 saturated carbocycles. The van der Waals surface area contributed by atoms with Gasteiger partial charge in [0, 0.05) is 23.4 Å². The number of aryl methyl sites for hydroxylation is 1. The molecule has 4 rings (SSSR count). The molecule has 26 heavy (non-hydrogen) atoms. The highest BCUT2D eigenvalue weighted by Crippen LogP contribution is 2.32. The Kier molecular flexibility index (Phi) is 4.09. The first-order valence-corrected chi connectivity index (χ1v) is 9.89. The Morgan fingerprint density at radius 1 is 1.04 bits per heavy atom. The summed E-state index contributed by atoms with van der Waals surface area (Å²) in [6.07, 6.45) is 1.53. The van der Waals surface area contributed by atoms with Gasteiger partial charge in [-0.05, 0) is 31.2 Å². The molecule has 0 amide bonds. The summed E-state index contributed by atoms with van der Waals surface area (Å²) in [6.45, 7) is 1.81. The minimum Gasteiger partial charge on any atom is -0.356 e. The smallest absolute Gasteiger partial charge is 0.271 e. The molecule has 0 radical (unpaired) electrons. The van der Waals surface area contributed by atoms with Crippen molar-refractivity contribution in [2.45, 2.75) is 11.1 Å². The number of aromatic nitrogens is 2. The number of hydrogen-bond donors (Lipinski definition) is 1. The van der Waals surface area contributed by atoms with Crippen molar-refractivity contribution in [1.82, 2.24) is 10.3 Å². The Labute approximate surface area is 153 Å². The molecule has 132 valence electrons. The molecule has 3 heterocycles. The molecular weight excluding hydrogens is 374 g/mol. The van der Waals surface area contributed by atoms with Crippen molar-refractivity contribution in [3.05, 3.63) is 60.4 Å². The molecule has 0 atom stereocenters. The highest BCUT2D eigenvalue weighted by Gasteiger charge is 2.19. The first-order valence-electron chi connectivity index (χ1n) is 7.59. The molecule has 1 N–H and O–H groups in total. The van der Waals surface area contributed by atoms with E-state index < -0.39 is 10.0 Å². The van der Waals surface area contributed by atoms with Crippen LogP contribution < -0.4 is 4.72 Å². The number of nitrogens with zero attached hydrogens (tertiary/aromatic N) is 2. The SMILES string of the molecule is Cc1cc(-c2ccc(S(=O)(=O)Nc3cccc(-c4ccno4)c3)s2)on1. The molecule has 0 aliphatic rings. The summed E-state index contributed by atoms with van der Waals surface area (Å²) < 4.78 is 38.4. The van der Waals surface area contributed by atoms with Gasteiger partial charge >= 0.3 is 0 Å². The van der Waals surface area contributed by atoms with Crippen LogP contribution in [0.25, 0.3) is 22.0 Å². The molecular formula is C17H13N3O4S2. The summed E-state index contributed by atoms with van der Waals surface area (Å²) in [5.41, 5.74) is 1.90. The first-order chi connectivity index (χ1) is 12.5. The predicted molar refractivity (Wildman–Crippen MR) is 97.3 cm³/mol. The molecule has 0 bridgehead atoms. The van der Waals surface area contributed by atoms with Crippen molar-refractivity contribution in [3.63, 3.8) is 0 Å². The van der Waals surface area contributed by atoms with Gasteiger partial charge in [-0.15, -0.1) is 11.3 Å². The van der Waals surface area contributed by atoms with Gasteiger partial charge in [-0.25, -0.2) is 8.42 Å². The van der Waals surface area contributed by atoms with E-state index in [4.69, 9.17) is 9.05 Å². The summed E-state index contributed by atoms with van der Waals surface area (Å²) in [4.78, 5) is 0.696. The molecule has 0 fully saturated rings. The van der Waals surface area contributed by atoms with Crippen LogP contribution in [0.3, 0.4) is 0 Å². The predicted octanol–water partition coefficient (Wildman–Crippen LogP) is 4.17. The lowest BCUT2D eigenvalue weighted by atomic mass is 10.1. The van der Waals surface area contributed by atoms with Gasteiger partial charge in [0.2, 0.25) is 0 Å². The molecule has 0 aliphatic heterocycles. The van der Waals surface area contributed by atoms with Gasteiger partial charge in [0.25, 0.3) is 10.0 Å². The van der Waals surface area contributed by atoms with Crippen LogP contribution in [0.1, 0.15) is 5.69 Å². The third-order valence-electron chi connectivity index (χ3n) is 3.55. The Balaban J connectivity index is 1.60. The third kappa shape index (κ3) is 3.26. The van der Waals surface area contributed by atoms with Crippen LogP contribution in [-0.4, -0.2) is 18.7 Å². The molecule has 0 saturated heterocycles. The average molecular weight is 387 g/mol. The van der Waals surface area contributed by atoms with Crippen molar-refractivity contribution in [1.29, 1.82) is 0 Å². The monoisotopic (exact) mass is 387 g/mol. The van der Waals surface area contributed by atoms with Crippen LogP contribution in [0.4, 0.5) is 5.69 Å². The van der Waals surface area contributed by atoms with Gasteiger partial charge in [-0.3, -0.25) is 4.72 Å². The Morgan fingerprint density at radius 2 is 1.92 bits per heavy atom. The summed E-state index contributed by atoms with van der Waals surface area (Å²) in [7, 11) is -3.72. The molecule has 1 aromatic carbocycles. The van der Waals surface area contributed by atoms with Crippen molar-refractivity contribution >= 4 is 27.0 Å². The molecule has 0 unspecified atom stereocenters. The fourth-order valence-electron chi connectivity index (χ4n) is 2.38. The van der Waals surface area contributed by atoms with Crippen LogP contribution in [0.2, 0.25) is 0 Å². The molecule has 9 heteroatoms. The van der Waals surface area contributed by atoms with E-state index >= 15 is 0 Å². The van der Waals surface area contributed by atoms with E-state index in [-0.39, 0.29) is 4.21 Å². The second-order valence-corrected chi connectivity index (χ2v) is 8.51. The zero-order chi connectivity index (χ0) is 18.1. The van der Waals surface area contributed by atoms with Crippen molar-refractivity contribution in [2.24, 2.45) is 0 Å². The summed E-state index contributed by atoms with van der Waals surface area (Å²) in [6, 6.07) is 13.6. The standard InChI is InChI=1S/C17H13N3O4S2/c1-11-9-15(24-19-11)16-5-6-17(25-16)26(21,22)20-13-4-2-3-12(10-13)14-7-8-18-23-14/h2-10,20H,1H3. The molecule has 4 aromatic rings. The summed E-state index contributed by atoms with van der Waals surface area (Å²) in [5.74, 6) is 1.10. The molecule has 0 spiro atoms. The van der Waals surface area contributed by atoms with Gasteiger partial charge in [0.05, 0.1) is 16.8 Å². The van der Waals surface area contributed by atoms with Gasteiger partial charge in [0.15, 0.2) is 11.5 Å². The molecule has 7 nitrogen and oxygen atoms in total. The highest BCUT2D eigenvalue weighted by molar-refractivity contribution is 7.94. The van der Waals surface area contributed by atoms with Crippen molar-refractivity contribution in [3.8, 4) is 22.0 Å². The van der Waals surface area contributed by atoms with E-state index in [1.54, 1.807) is 49.4 Å². The second-order valence-electron chi connectivity index (χ2n) is 5.51. The number of benzene rings is 1. The number of anilines is 1. The van der Waals surface area contributed by atoms with Crippen LogP contribution in [-0.2, 0) is 10.0 Å². The summed E-state index contributed by atoms with van der Waals surface area (Å²) in [5, 5.41) is 7.48. The fraction of sp³-hybridized carbons (Fsp3) is 0.0588. The molecule has 0 aliphatic carbocycles. The highest BCUT2D eigenvalue weighted by atomic mass is 32.2. The number of hydrogen-bond acceptors (Lipinski definition) is 7. The maximum atomic E-state index is 12.7. The van der Waals surface area contributed by atoms with Crippen LogP contribution in [0, 0.1) is 6.92 Å². The van der Waals surface area contributed by atoms with Gasteiger partial charge in [-0.1, -0.05) is 22.4 Å². The maximum absolute atomic E-state index is 12.7. The fourth-order valence-corrected chi connectivity index (χ4v) is 4.69. The zero-order valence-corrected chi connectivity index (χ0v) is 15.2. The Bertz CT molecular complexity index is 1140. The van der Waals surface area contributed by atoms with Crippen molar-refractivity contribution in [2.75, 3.05) is 4.72 Å². The second kappa shape index (κ2) is 6.43. The van der Waals surface area contributed by atoms with E-state index in [9.17, 15) is 8.42 Å². The number of rotatable bonds is 5. The normalized spacial score (nSPS) is 11.6. The quantitative estimate of drug-likeness (QED) is 0.552. The first kappa shape index (κ1) is 16.6. The third-order valence-corrected chi connectivity index (χ3v) is 6.53. The zero-order valence-electron chi connectivity index (χ0n) is 13.5. The van der Waals surface area contributed by atoms with Gasteiger partial charge in [0.1, 0.15) is 4.21 Å². The maximum Gasteiger partial charge on any atom is 0.271 e. The van der Waals surface area contributed by atoms with Crippen molar-refractivity contribution < 1.29 is 17.5 Å². The van der Waals surface area contributed by atoms with Crippen LogP contribution >= 0.6 is 11.3 Å². The van der Waals surface area contributed by atoms with E-state index in [0.29, 0.717) is 22.1 Å². The number of sulfonamides is 1. The van der Waals surface area contributed by atoms with Crippen LogP contribution in [0.5, 0.6) is 0 Å². The van der Waals surface area contributed by atoms with Crippen LogP contribution in [0.15, 0.2) is 68.0 Å². The minimum absolute atomic E-state index is 0.187. The van der Waals surface area contributed by atoms with E-state index in [0.717, 1.165) is 22.6 Å². The van der Waals surface area contributed by atoms with E-state index in [1.165, 1.54) is 6.20 Å². The molecule has 3 aromatic heterocycles. The Morgan fingerprint density at radius 3 is 2.65 bits per heavy atom. The van der Waals surface area contributed by atoms with E-state index in [1.807, 2.05) is 6.07 Å². The number of nitrogens with one attached hydrogen (secondary N) is 1. The topological polar surface area (TPSA) is 98.2 Å². The lowest BCUT2D eigenvalue weighted by Gasteiger charge is -2.07. The average Bonchev–Trinajstić information content (AvgIpc) is 3.36. The lowest BCUT2D eigenvalue weighted by molar-refractivity contribution is 0.428. The lowest BCUT2D eigenvalue weighted by Crippen LogP contribution is -2.11. The summed E-state index contributed by atoms with van der Waals surface area (Å²) >= 11 is 1.11. The minimum atomic E-state index is -3.72. The largest absolute Gasteiger partial charge is 0.356 e. The van der Waals surface area contributed by atoms with Gasteiger partial charge in [-0.2, -0.15) is 0 Å². The van der Waals surface area contributed by atoms with Gasteiger partial charge < -0.3 is 9.05 Å². The Hall–Kier alpha value is -2.91. The van der Waals surface area contributed by atoms with E-state index in [2.05, 4.69) is 15.0 Å².